The number of aliphatic hydroxyl groups excluding tert-OH is 1. The molecule has 1 fully saturated rings. The fraction of sp³-hybridized carbons (Fsp3) is 1.00. The molecule has 0 aliphatic carbocycles. The molecule has 0 amide bonds. The lowest BCUT2D eigenvalue weighted by atomic mass is 10.1. The number of rotatable bonds is 7. The van der Waals surface area contributed by atoms with Crippen LogP contribution in [-0.2, 0) is 18.9 Å². The van der Waals surface area contributed by atoms with E-state index in [1.54, 1.807) is 6.92 Å². The van der Waals surface area contributed by atoms with Gasteiger partial charge in [0.1, 0.15) is 18.3 Å². The van der Waals surface area contributed by atoms with Crippen LogP contribution in [0, 0.1) is 0 Å². The third kappa shape index (κ3) is 3.32. The second kappa shape index (κ2) is 7.52. The molecule has 5 atom stereocenters. The topological polar surface area (TPSA) is 106 Å². The Morgan fingerprint density at radius 2 is 2.22 bits per heavy atom. The Morgan fingerprint density at radius 1 is 1.50 bits per heavy atom. The molecule has 8 heteroatoms. The van der Waals surface area contributed by atoms with E-state index in [9.17, 15) is 5.11 Å². The van der Waals surface area contributed by atoms with Crippen LogP contribution in [-0.4, -0.2) is 63.2 Å². The molecule has 0 radical (unpaired) electrons. The second-order valence-electron chi connectivity index (χ2n) is 3.80. The standard InChI is InChI=1S/C10H19N3O5/c1-4-17-10-7(14)9(16-3)8(18-10)6(15-2)5-12-13-11/h6-10,14H,4-5H2,1-3H3/t6-,7-,8-,9-,10+/m1/s1. The van der Waals surface area contributed by atoms with E-state index in [4.69, 9.17) is 24.5 Å². The summed E-state index contributed by atoms with van der Waals surface area (Å²) in [5.74, 6) is 0. The minimum atomic E-state index is -0.899. The molecule has 0 aromatic carbocycles. The van der Waals surface area contributed by atoms with E-state index in [1.807, 2.05) is 0 Å². The van der Waals surface area contributed by atoms with Crippen LogP contribution in [0.4, 0.5) is 0 Å². The molecule has 18 heavy (non-hydrogen) atoms. The van der Waals surface area contributed by atoms with Crippen LogP contribution in [0.5, 0.6) is 0 Å². The number of azide groups is 1. The number of aliphatic hydroxyl groups is 1. The Labute approximate surface area is 105 Å². The van der Waals surface area contributed by atoms with Gasteiger partial charge in [-0.3, -0.25) is 0 Å². The van der Waals surface area contributed by atoms with Crippen molar-refractivity contribution in [2.75, 3.05) is 27.4 Å². The smallest absolute Gasteiger partial charge is 0.186 e. The highest BCUT2D eigenvalue weighted by molar-refractivity contribution is 4.93. The number of hydrogen-bond acceptors (Lipinski definition) is 6. The molecule has 0 aromatic heterocycles. The van der Waals surface area contributed by atoms with Gasteiger partial charge in [-0.25, -0.2) is 0 Å². The van der Waals surface area contributed by atoms with Crippen molar-refractivity contribution in [3.05, 3.63) is 10.4 Å². The van der Waals surface area contributed by atoms with Crippen molar-refractivity contribution >= 4 is 0 Å². The molecule has 1 N–H and O–H groups in total. The first-order chi connectivity index (χ1) is 8.69. The van der Waals surface area contributed by atoms with Gasteiger partial charge in [0.2, 0.25) is 0 Å². The fourth-order valence-electron chi connectivity index (χ4n) is 1.97. The maximum atomic E-state index is 9.99. The van der Waals surface area contributed by atoms with Crippen molar-refractivity contribution in [3.8, 4) is 0 Å². The number of methoxy groups -OCH3 is 2. The monoisotopic (exact) mass is 261 g/mol. The highest BCUT2D eigenvalue weighted by Gasteiger charge is 2.48. The number of nitrogens with zero attached hydrogens (tertiary/aromatic N) is 3. The Hall–Kier alpha value is -0.890. The maximum Gasteiger partial charge on any atom is 0.186 e. The zero-order valence-electron chi connectivity index (χ0n) is 10.7. The maximum absolute atomic E-state index is 9.99. The van der Waals surface area contributed by atoms with Crippen LogP contribution < -0.4 is 0 Å². The molecule has 0 bridgehead atoms. The van der Waals surface area contributed by atoms with Crippen LogP contribution in [0.2, 0.25) is 0 Å². The predicted octanol–water partition coefficient (Wildman–Crippen LogP) is 0.449. The fourth-order valence-corrected chi connectivity index (χ4v) is 1.97. The van der Waals surface area contributed by atoms with Crippen molar-refractivity contribution in [2.45, 2.75) is 37.6 Å². The normalized spacial score (nSPS) is 33.1. The first-order valence-corrected chi connectivity index (χ1v) is 5.71. The summed E-state index contributed by atoms with van der Waals surface area (Å²) in [6, 6.07) is 0. The van der Waals surface area contributed by atoms with E-state index in [2.05, 4.69) is 10.0 Å². The summed E-state index contributed by atoms with van der Waals surface area (Å²) in [5, 5.41) is 13.4. The van der Waals surface area contributed by atoms with E-state index < -0.39 is 30.7 Å². The Kier molecular flexibility index (Phi) is 6.34. The zero-order chi connectivity index (χ0) is 13.5. The summed E-state index contributed by atoms with van der Waals surface area (Å²) < 4.78 is 21.2. The van der Waals surface area contributed by atoms with Gasteiger partial charge in [-0.2, -0.15) is 0 Å². The highest BCUT2D eigenvalue weighted by Crippen LogP contribution is 2.27. The first kappa shape index (κ1) is 15.2. The molecule has 104 valence electrons. The number of ether oxygens (including phenoxy) is 4. The molecule has 8 nitrogen and oxygen atoms in total. The summed E-state index contributed by atoms with van der Waals surface area (Å²) in [6.45, 7) is 2.32. The largest absolute Gasteiger partial charge is 0.385 e. The summed E-state index contributed by atoms with van der Waals surface area (Å²) in [4.78, 5) is 2.67. The van der Waals surface area contributed by atoms with Gasteiger partial charge in [0.25, 0.3) is 0 Å². The molecule has 1 heterocycles. The summed E-state index contributed by atoms with van der Waals surface area (Å²) >= 11 is 0. The van der Waals surface area contributed by atoms with Crippen LogP contribution in [0.3, 0.4) is 0 Å². The van der Waals surface area contributed by atoms with Crippen molar-refractivity contribution < 1.29 is 24.1 Å². The van der Waals surface area contributed by atoms with Gasteiger partial charge in [-0.05, 0) is 12.5 Å². The van der Waals surface area contributed by atoms with Gasteiger partial charge in [0, 0.05) is 25.7 Å². The number of hydrogen-bond donors (Lipinski definition) is 1. The van der Waals surface area contributed by atoms with E-state index in [-0.39, 0.29) is 6.54 Å². The first-order valence-electron chi connectivity index (χ1n) is 5.71. The van der Waals surface area contributed by atoms with Crippen LogP contribution in [0.15, 0.2) is 5.11 Å². The van der Waals surface area contributed by atoms with Gasteiger partial charge in [0.15, 0.2) is 6.29 Å². The van der Waals surface area contributed by atoms with E-state index >= 15 is 0 Å². The predicted molar refractivity (Wildman–Crippen MR) is 61.9 cm³/mol. The van der Waals surface area contributed by atoms with Gasteiger partial charge >= 0.3 is 0 Å². The van der Waals surface area contributed by atoms with Gasteiger partial charge in [-0.1, -0.05) is 5.11 Å². The molecular formula is C10H19N3O5. The Balaban J connectivity index is 2.75. The third-order valence-electron chi connectivity index (χ3n) is 2.83. The molecule has 0 aromatic rings. The van der Waals surface area contributed by atoms with Gasteiger partial charge in [0.05, 0.1) is 12.6 Å². The van der Waals surface area contributed by atoms with Crippen LogP contribution in [0.1, 0.15) is 6.92 Å². The van der Waals surface area contributed by atoms with E-state index in [1.165, 1.54) is 14.2 Å². The van der Waals surface area contributed by atoms with Crippen LogP contribution in [0.25, 0.3) is 10.4 Å². The average molecular weight is 261 g/mol. The quantitative estimate of drug-likeness (QED) is 0.407. The van der Waals surface area contributed by atoms with Crippen molar-refractivity contribution in [1.82, 2.24) is 0 Å². The third-order valence-corrected chi connectivity index (χ3v) is 2.83. The molecular weight excluding hydrogens is 242 g/mol. The lowest BCUT2D eigenvalue weighted by Gasteiger charge is -2.24. The van der Waals surface area contributed by atoms with Crippen molar-refractivity contribution in [1.29, 1.82) is 0 Å². The zero-order valence-corrected chi connectivity index (χ0v) is 10.7. The van der Waals surface area contributed by atoms with Crippen molar-refractivity contribution in [2.24, 2.45) is 5.11 Å². The van der Waals surface area contributed by atoms with Gasteiger partial charge < -0.3 is 24.1 Å². The summed E-state index contributed by atoms with van der Waals surface area (Å²) in [7, 11) is 2.95. The second-order valence-corrected chi connectivity index (χ2v) is 3.80. The highest BCUT2D eigenvalue weighted by atomic mass is 16.7. The van der Waals surface area contributed by atoms with E-state index in [0.29, 0.717) is 6.61 Å². The average Bonchev–Trinajstić information content (AvgIpc) is 2.68. The minimum absolute atomic E-state index is 0.100. The van der Waals surface area contributed by atoms with Crippen molar-refractivity contribution in [3.63, 3.8) is 0 Å². The lowest BCUT2D eigenvalue weighted by Crippen LogP contribution is -2.42. The Morgan fingerprint density at radius 3 is 2.72 bits per heavy atom. The molecule has 1 aliphatic heterocycles. The van der Waals surface area contributed by atoms with Gasteiger partial charge in [-0.15, -0.1) is 0 Å². The van der Waals surface area contributed by atoms with E-state index in [0.717, 1.165) is 0 Å². The molecule has 0 spiro atoms. The molecule has 0 unspecified atom stereocenters. The molecule has 1 saturated heterocycles. The summed E-state index contributed by atoms with van der Waals surface area (Å²) in [6.07, 6.45) is -3.28. The summed E-state index contributed by atoms with van der Waals surface area (Å²) in [5.41, 5.74) is 8.32. The lowest BCUT2D eigenvalue weighted by molar-refractivity contribution is -0.177. The SMILES string of the molecule is CCO[C@H]1O[C@H]([C@@H](CN=[N+]=[N-])OC)[C@H](OC)[C@H]1O. The molecule has 1 rings (SSSR count). The minimum Gasteiger partial charge on any atom is -0.385 e. The Bertz CT molecular complexity index is 297. The molecule has 0 saturated carbocycles. The molecule has 1 aliphatic rings. The van der Waals surface area contributed by atoms with Crippen LogP contribution >= 0.6 is 0 Å².